The van der Waals surface area contributed by atoms with E-state index in [1.54, 1.807) is 7.11 Å². The molecule has 3 nitrogen and oxygen atoms in total. The average Bonchev–Trinajstić information content (AvgIpc) is 2.17. The van der Waals surface area contributed by atoms with Crippen molar-refractivity contribution >= 4 is 5.97 Å². The van der Waals surface area contributed by atoms with Crippen molar-refractivity contribution < 1.29 is 14.3 Å². The molecule has 2 atom stereocenters. The number of esters is 1. The smallest absolute Gasteiger partial charge is 0.308 e. The minimum absolute atomic E-state index is 0.0312. The van der Waals surface area contributed by atoms with Gasteiger partial charge in [0, 0.05) is 7.11 Å². The zero-order valence-electron chi connectivity index (χ0n) is 8.63. The zero-order chi connectivity index (χ0) is 9.90. The molecule has 0 radical (unpaired) electrons. The maximum Gasteiger partial charge on any atom is 0.308 e. The van der Waals surface area contributed by atoms with E-state index in [-0.39, 0.29) is 17.5 Å². The summed E-state index contributed by atoms with van der Waals surface area (Å²) in [6.45, 7) is 2.06. The summed E-state index contributed by atoms with van der Waals surface area (Å²) in [6, 6.07) is 0. The monoisotopic (exact) mass is 186 g/mol. The van der Waals surface area contributed by atoms with Crippen molar-refractivity contribution in [2.45, 2.75) is 38.2 Å². The highest BCUT2D eigenvalue weighted by Crippen LogP contribution is 2.34. The Labute approximate surface area is 79.4 Å². The Morgan fingerprint density at radius 1 is 1.46 bits per heavy atom. The molecule has 0 heterocycles. The van der Waals surface area contributed by atoms with Crippen molar-refractivity contribution in [3.8, 4) is 0 Å². The topological polar surface area (TPSA) is 35.5 Å². The van der Waals surface area contributed by atoms with Gasteiger partial charge in [0.05, 0.1) is 18.6 Å². The maximum atomic E-state index is 11.3. The van der Waals surface area contributed by atoms with E-state index in [9.17, 15) is 4.79 Å². The van der Waals surface area contributed by atoms with E-state index < -0.39 is 0 Å². The zero-order valence-corrected chi connectivity index (χ0v) is 8.63. The number of hydrogen-bond acceptors (Lipinski definition) is 3. The Hall–Kier alpha value is -0.570. The van der Waals surface area contributed by atoms with Crippen LogP contribution in [0.15, 0.2) is 0 Å². The highest BCUT2D eigenvalue weighted by molar-refractivity contribution is 5.72. The van der Waals surface area contributed by atoms with Crippen molar-refractivity contribution in [1.29, 1.82) is 0 Å². The fourth-order valence-corrected chi connectivity index (χ4v) is 2.00. The standard InChI is InChI=1S/C10H18O3/c1-10(13-3)6-4-5-8(7-10)9(11)12-2/h8H,4-7H2,1-3H3. The maximum absolute atomic E-state index is 11.3. The van der Waals surface area contributed by atoms with Gasteiger partial charge in [-0.1, -0.05) is 0 Å². The van der Waals surface area contributed by atoms with Gasteiger partial charge in [-0.3, -0.25) is 4.79 Å². The van der Waals surface area contributed by atoms with E-state index in [1.165, 1.54) is 7.11 Å². The van der Waals surface area contributed by atoms with Crippen LogP contribution < -0.4 is 0 Å². The van der Waals surface area contributed by atoms with E-state index in [1.807, 2.05) is 0 Å². The normalized spacial score (nSPS) is 34.2. The van der Waals surface area contributed by atoms with E-state index in [0.717, 1.165) is 25.7 Å². The Morgan fingerprint density at radius 2 is 2.15 bits per heavy atom. The fraction of sp³-hybridized carbons (Fsp3) is 0.900. The van der Waals surface area contributed by atoms with Gasteiger partial charge in [-0.05, 0) is 32.6 Å². The lowest BCUT2D eigenvalue weighted by Gasteiger charge is -2.35. The van der Waals surface area contributed by atoms with Crippen molar-refractivity contribution in [1.82, 2.24) is 0 Å². The SMILES string of the molecule is COC(=O)C1CCCC(C)(OC)C1. The quantitative estimate of drug-likeness (QED) is 0.616. The molecule has 1 saturated carbocycles. The molecule has 13 heavy (non-hydrogen) atoms. The van der Waals surface area contributed by atoms with Gasteiger partial charge < -0.3 is 9.47 Å². The van der Waals surface area contributed by atoms with Crippen molar-refractivity contribution in [3.63, 3.8) is 0 Å². The first-order valence-electron chi connectivity index (χ1n) is 4.74. The molecule has 0 aromatic heterocycles. The van der Waals surface area contributed by atoms with Gasteiger partial charge in [0.2, 0.25) is 0 Å². The molecular weight excluding hydrogens is 168 g/mol. The van der Waals surface area contributed by atoms with Gasteiger partial charge in [-0.2, -0.15) is 0 Å². The molecule has 2 unspecified atom stereocenters. The second-order valence-corrected chi connectivity index (χ2v) is 3.97. The summed E-state index contributed by atoms with van der Waals surface area (Å²) in [5.41, 5.74) is -0.128. The van der Waals surface area contributed by atoms with Gasteiger partial charge in [-0.15, -0.1) is 0 Å². The van der Waals surface area contributed by atoms with E-state index >= 15 is 0 Å². The molecule has 76 valence electrons. The van der Waals surface area contributed by atoms with Crippen LogP contribution in [0.1, 0.15) is 32.6 Å². The molecule has 1 aliphatic carbocycles. The van der Waals surface area contributed by atoms with Crippen LogP contribution in [0.2, 0.25) is 0 Å². The highest BCUT2D eigenvalue weighted by Gasteiger charge is 2.35. The molecule has 0 amide bonds. The van der Waals surface area contributed by atoms with Gasteiger partial charge >= 0.3 is 5.97 Å². The van der Waals surface area contributed by atoms with Crippen LogP contribution in [0.5, 0.6) is 0 Å². The second kappa shape index (κ2) is 4.09. The Morgan fingerprint density at radius 3 is 2.69 bits per heavy atom. The van der Waals surface area contributed by atoms with E-state index in [4.69, 9.17) is 9.47 Å². The van der Waals surface area contributed by atoms with Crippen LogP contribution in [0, 0.1) is 5.92 Å². The number of methoxy groups -OCH3 is 2. The molecule has 1 fully saturated rings. The predicted octanol–water partition coefficient (Wildman–Crippen LogP) is 1.75. The summed E-state index contributed by atoms with van der Waals surface area (Å²) < 4.78 is 10.1. The molecule has 0 saturated heterocycles. The summed E-state index contributed by atoms with van der Waals surface area (Å²) in [6.07, 6.45) is 3.81. The number of carbonyl (C=O) groups excluding carboxylic acids is 1. The third-order valence-corrected chi connectivity index (χ3v) is 2.96. The van der Waals surface area contributed by atoms with Gasteiger partial charge in [-0.25, -0.2) is 0 Å². The second-order valence-electron chi connectivity index (χ2n) is 3.97. The minimum Gasteiger partial charge on any atom is -0.469 e. The van der Waals surface area contributed by atoms with Crippen molar-refractivity contribution in [3.05, 3.63) is 0 Å². The lowest BCUT2D eigenvalue weighted by Crippen LogP contribution is -2.37. The van der Waals surface area contributed by atoms with Crippen LogP contribution >= 0.6 is 0 Å². The van der Waals surface area contributed by atoms with Gasteiger partial charge in [0.1, 0.15) is 0 Å². The predicted molar refractivity (Wildman–Crippen MR) is 49.4 cm³/mol. The van der Waals surface area contributed by atoms with Crippen LogP contribution in [0.4, 0.5) is 0 Å². The van der Waals surface area contributed by atoms with Crippen LogP contribution in [-0.2, 0) is 14.3 Å². The fourth-order valence-electron chi connectivity index (χ4n) is 2.00. The summed E-state index contributed by atoms with van der Waals surface area (Å²) in [4.78, 5) is 11.3. The number of hydrogen-bond donors (Lipinski definition) is 0. The van der Waals surface area contributed by atoms with Crippen molar-refractivity contribution in [2.24, 2.45) is 5.92 Å². The van der Waals surface area contributed by atoms with E-state index in [2.05, 4.69) is 6.92 Å². The molecular formula is C10H18O3. The third kappa shape index (κ3) is 2.44. The first-order chi connectivity index (χ1) is 6.11. The van der Waals surface area contributed by atoms with Crippen LogP contribution in [0.3, 0.4) is 0 Å². The molecule has 0 aliphatic heterocycles. The van der Waals surface area contributed by atoms with Gasteiger partial charge in [0.15, 0.2) is 0 Å². The summed E-state index contributed by atoms with van der Waals surface area (Å²) >= 11 is 0. The summed E-state index contributed by atoms with van der Waals surface area (Å²) in [5.74, 6) is -0.0633. The largest absolute Gasteiger partial charge is 0.469 e. The summed E-state index contributed by atoms with van der Waals surface area (Å²) in [7, 11) is 3.15. The molecule has 1 aliphatic rings. The number of ether oxygens (including phenoxy) is 2. The van der Waals surface area contributed by atoms with Gasteiger partial charge in [0.25, 0.3) is 0 Å². The van der Waals surface area contributed by atoms with E-state index in [0.29, 0.717) is 0 Å². The lowest BCUT2D eigenvalue weighted by molar-refractivity contribution is -0.150. The molecule has 1 rings (SSSR count). The van der Waals surface area contributed by atoms with Crippen LogP contribution in [-0.4, -0.2) is 25.8 Å². The molecule has 0 N–H and O–H groups in total. The Balaban J connectivity index is 2.56. The first-order valence-corrected chi connectivity index (χ1v) is 4.74. The number of rotatable bonds is 2. The van der Waals surface area contributed by atoms with Crippen LogP contribution in [0.25, 0.3) is 0 Å². The molecule has 0 aromatic carbocycles. The third-order valence-electron chi connectivity index (χ3n) is 2.96. The Bertz CT molecular complexity index is 191. The lowest BCUT2D eigenvalue weighted by atomic mass is 9.79. The highest BCUT2D eigenvalue weighted by atomic mass is 16.5. The Kier molecular flexibility index (Phi) is 3.31. The van der Waals surface area contributed by atoms with Crippen molar-refractivity contribution in [2.75, 3.05) is 14.2 Å². The first kappa shape index (κ1) is 10.5. The molecule has 0 aromatic rings. The molecule has 3 heteroatoms. The summed E-state index contributed by atoms with van der Waals surface area (Å²) in [5, 5.41) is 0. The minimum atomic E-state index is -0.128. The average molecular weight is 186 g/mol. The molecule has 0 spiro atoms. The number of carbonyl (C=O) groups is 1. The molecule has 0 bridgehead atoms.